The molecule has 1 saturated heterocycles. The van der Waals surface area contributed by atoms with Crippen molar-refractivity contribution in [1.82, 2.24) is 10.2 Å². The van der Waals surface area contributed by atoms with Gasteiger partial charge in [0.05, 0.1) is 9.35 Å². The van der Waals surface area contributed by atoms with Crippen LogP contribution in [-0.4, -0.2) is 47.5 Å². The predicted octanol–water partition coefficient (Wildman–Crippen LogP) is 1.45. The van der Waals surface area contributed by atoms with Crippen LogP contribution in [0.3, 0.4) is 0 Å². The average Bonchev–Trinajstić information content (AvgIpc) is 2.87. The number of hydrogen-bond donors (Lipinski definition) is 3. The van der Waals surface area contributed by atoms with Crippen molar-refractivity contribution in [3.05, 3.63) is 20.8 Å². The van der Waals surface area contributed by atoms with Crippen LogP contribution in [0.15, 0.2) is 20.4 Å². The fourth-order valence-electron chi connectivity index (χ4n) is 2.26. The number of nitrogens with zero attached hydrogens (tertiary/aromatic N) is 2. The van der Waals surface area contributed by atoms with Crippen LogP contribution in [0.1, 0.15) is 23.2 Å². The van der Waals surface area contributed by atoms with E-state index >= 15 is 0 Å². The number of rotatable bonds is 3. The van der Waals surface area contributed by atoms with Crippen LogP contribution >= 0.6 is 27.3 Å². The number of carbonyl (C=O) groups is 1. The average molecular weight is 361 g/mol. The molecule has 0 atom stereocenters. The molecule has 1 aromatic rings. The molecular weight excluding hydrogens is 344 g/mol. The lowest BCUT2D eigenvalue weighted by molar-refractivity contribution is 0.0887. The molecule has 110 valence electrons. The molecule has 1 aliphatic heterocycles. The van der Waals surface area contributed by atoms with Gasteiger partial charge in [0.15, 0.2) is 5.84 Å². The number of amides is 1. The van der Waals surface area contributed by atoms with Crippen LogP contribution in [-0.2, 0) is 0 Å². The molecule has 8 heteroatoms. The second-order valence-corrected chi connectivity index (χ2v) is 7.25. The monoisotopic (exact) mass is 360 g/mol. The Morgan fingerprint density at radius 1 is 1.60 bits per heavy atom. The SMILES string of the molecule is CN1CCC(NC(=O)c2csc(Br)c2)(C(N)=NO)CC1. The molecule has 6 nitrogen and oxygen atoms in total. The summed E-state index contributed by atoms with van der Waals surface area (Å²) in [7, 11) is 2.01. The maximum atomic E-state index is 12.3. The van der Waals surface area contributed by atoms with Crippen molar-refractivity contribution < 1.29 is 10.0 Å². The highest BCUT2D eigenvalue weighted by atomic mass is 79.9. The Morgan fingerprint density at radius 2 is 2.25 bits per heavy atom. The summed E-state index contributed by atoms with van der Waals surface area (Å²) in [5, 5.41) is 16.8. The Hall–Kier alpha value is -1.12. The lowest BCUT2D eigenvalue weighted by Crippen LogP contribution is -2.62. The molecule has 0 spiro atoms. The van der Waals surface area contributed by atoms with E-state index < -0.39 is 5.54 Å². The Balaban J connectivity index is 2.18. The van der Waals surface area contributed by atoms with Crippen molar-refractivity contribution in [2.24, 2.45) is 10.9 Å². The molecule has 2 heterocycles. The third-order valence-electron chi connectivity index (χ3n) is 3.62. The van der Waals surface area contributed by atoms with Gasteiger partial charge in [0.1, 0.15) is 5.54 Å². The molecule has 0 radical (unpaired) electrons. The number of likely N-dealkylation sites (tertiary alicyclic amines) is 1. The van der Waals surface area contributed by atoms with Gasteiger partial charge in [-0.05, 0) is 41.9 Å². The van der Waals surface area contributed by atoms with E-state index in [2.05, 4.69) is 31.3 Å². The Morgan fingerprint density at radius 3 is 2.75 bits per heavy atom. The second kappa shape index (κ2) is 6.11. The van der Waals surface area contributed by atoms with Gasteiger partial charge >= 0.3 is 0 Å². The van der Waals surface area contributed by atoms with Gasteiger partial charge in [0.25, 0.3) is 5.91 Å². The maximum Gasteiger partial charge on any atom is 0.252 e. The van der Waals surface area contributed by atoms with E-state index in [-0.39, 0.29) is 11.7 Å². The molecule has 1 aromatic heterocycles. The Bertz CT molecular complexity index is 523. The number of nitrogens with one attached hydrogen (secondary N) is 1. The minimum Gasteiger partial charge on any atom is -0.409 e. The van der Waals surface area contributed by atoms with E-state index in [0.717, 1.165) is 16.9 Å². The molecule has 1 amide bonds. The first-order valence-electron chi connectivity index (χ1n) is 6.20. The summed E-state index contributed by atoms with van der Waals surface area (Å²) >= 11 is 4.78. The van der Waals surface area contributed by atoms with E-state index in [0.29, 0.717) is 18.4 Å². The summed E-state index contributed by atoms with van der Waals surface area (Å²) < 4.78 is 0.892. The summed E-state index contributed by atoms with van der Waals surface area (Å²) in [4.78, 5) is 14.5. The molecule has 0 bridgehead atoms. The van der Waals surface area contributed by atoms with Gasteiger partial charge < -0.3 is 21.2 Å². The van der Waals surface area contributed by atoms with E-state index in [1.165, 1.54) is 11.3 Å². The Kier molecular flexibility index (Phi) is 4.66. The van der Waals surface area contributed by atoms with Gasteiger partial charge in [0, 0.05) is 18.5 Å². The normalized spacial score (nSPS) is 19.8. The highest BCUT2D eigenvalue weighted by molar-refractivity contribution is 9.11. The smallest absolute Gasteiger partial charge is 0.252 e. The maximum absolute atomic E-state index is 12.3. The predicted molar refractivity (Wildman–Crippen MR) is 82.4 cm³/mol. The number of nitrogens with two attached hydrogens (primary N) is 1. The molecule has 0 saturated carbocycles. The highest BCUT2D eigenvalue weighted by Gasteiger charge is 2.39. The minimum atomic E-state index is -0.771. The van der Waals surface area contributed by atoms with Crippen molar-refractivity contribution in [3.8, 4) is 0 Å². The summed E-state index contributed by atoms with van der Waals surface area (Å²) in [5.41, 5.74) is 5.62. The summed E-state index contributed by atoms with van der Waals surface area (Å²) in [6, 6.07) is 1.76. The van der Waals surface area contributed by atoms with Crippen molar-refractivity contribution in [2.75, 3.05) is 20.1 Å². The molecule has 4 N–H and O–H groups in total. The zero-order chi connectivity index (χ0) is 14.8. The van der Waals surface area contributed by atoms with Gasteiger partial charge in [-0.3, -0.25) is 4.79 Å². The molecule has 0 unspecified atom stereocenters. The standard InChI is InChI=1S/C12H17BrN4O2S/c1-17-4-2-12(3-5-17,11(14)16-19)15-10(18)8-6-9(13)20-7-8/h6-7,19H,2-5H2,1H3,(H2,14,16)(H,15,18). The van der Waals surface area contributed by atoms with E-state index in [9.17, 15) is 4.79 Å². The largest absolute Gasteiger partial charge is 0.409 e. The van der Waals surface area contributed by atoms with Gasteiger partial charge in [-0.25, -0.2) is 0 Å². The zero-order valence-electron chi connectivity index (χ0n) is 11.1. The van der Waals surface area contributed by atoms with Crippen LogP contribution in [0.2, 0.25) is 0 Å². The lowest BCUT2D eigenvalue weighted by atomic mass is 9.86. The fraction of sp³-hybridized carbons (Fsp3) is 0.500. The zero-order valence-corrected chi connectivity index (χ0v) is 13.5. The number of oxime groups is 1. The van der Waals surface area contributed by atoms with E-state index in [1.54, 1.807) is 11.4 Å². The molecule has 0 aliphatic carbocycles. The number of thiophene rings is 1. The fourth-order valence-corrected chi connectivity index (χ4v) is 3.40. The second-order valence-electron chi connectivity index (χ2n) is 4.96. The van der Waals surface area contributed by atoms with Gasteiger partial charge in [-0.1, -0.05) is 5.16 Å². The Labute approximate surface area is 129 Å². The molecule has 0 aromatic carbocycles. The molecule has 20 heavy (non-hydrogen) atoms. The third-order valence-corrected chi connectivity index (χ3v) is 5.13. The summed E-state index contributed by atoms with van der Waals surface area (Å²) in [6.07, 6.45) is 1.24. The van der Waals surface area contributed by atoms with Gasteiger partial charge in [-0.2, -0.15) is 0 Å². The quantitative estimate of drug-likeness (QED) is 0.329. The van der Waals surface area contributed by atoms with E-state index in [1.807, 2.05) is 7.05 Å². The van der Waals surface area contributed by atoms with Crippen LogP contribution < -0.4 is 11.1 Å². The lowest BCUT2D eigenvalue weighted by Gasteiger charge is -2.40. The van der Waals surface area contributed by atoms with Crippen molar-refractivity contribution in [3.63, 3.8) is 0 Å². The minimum absolute atomic E-state index is 0.0632. The number of carbonyl (C=O) groups excluding carboxylic acids is 1. The number of piperidine rings is 1. The third kappa shape index (κ3) is 3.13. The van der Waals surface area contributed by atoms with E-state index in [4.69, 9.17) is 10.9 Å². The number of halogens is 1. The first-order valence-corrected chi connectivity index (χ1v) is 7.87. The van der Waals surface area contributed by atoms with Crippen molar-refractivity contribution in [2.45, 2.75) is 18.4 Å². The molecule has 1 aliphatic rings. The van der Waals surface area contributed by atoms with Crippen LogP contribution in [0.5, 0.6) is 0 Å². The first-order chi connectivity index (χ1) is 9.47. The van der Waals surface area contributed by atoms with Gasteiger partial charge in [-0.15, -0.1) is 11.3 Å². The van der Waals surface area contributed by atoms with Gasteiger partial charge in [0.2, 0.25) is 0 Å². The van der Waals surface area contributed by atoms with Crippen LogP contribution in [0.4, 0.5) is 0 Å². The summed E-state index contributed by atoms with van der Waals surface area (Å²) in [6.45, 7) is 1.56. The number of hydrogen-bond acceptors (Lipinski definition) is 5. The number of amidine groups is 1. The molecule has 1 fully saturated rings. The van der Waals surface area contributed by atoms with Crippen LogP contribution in [0.25, 0.3) is 0 Å². The molecular formula is C12H17BrN4O2S. The summed E-state index contributed by atoms with van der Waals surface area (Å²) in [5.74, 6) is -0.142. The van der Waals surface area contributed by atoms with Crippen molar-refractivity contribution >= 4 is 39.0 Å². The topological polar surface area (TPSA) is 91.0 Å². The highest BCUT2D eigenvalue weighted by Crippen LogP contribution is 2.25. The molecule has 2 rings (SSSR count). The first kappa shape index (κ1) is 15.3. The van der Waals surface area contributed by atoms with Crippen molar-refractivity contribution in [1.29, 1.82) is 0 Å². The van der Waals surface area contributed by atoms with Crippen LogP contribution in [0, 0.1) is 0 Å².